The van der Waals surface area contributed by atoms with Gasteiger partial charge >= 0.3 is 0 Å². The topological polar surface area (TPSA) is 42.8 Å². The predicted octanol–water partition coefficient (Wildman–Crippen LogP) is 1.66. The van der Waals surface area contributed by atoms with E-state index in [-0.39, 0.29) is 5.91 Å². The van der Waals surface area contributed by atoms with E-state index in [0.717, 1.165) is 22.9 Å². The molecule has 0 spiro atoms. The molecule has 4 nitrogen and oxygen atoms in total. The Balaban J connectivity index is 1.86. The molecule has 0 saturated carbocycles. The number of anilines is 1. The monoisotopic (exact) mass is 299 g/mol. The average Bonchev–Trinajstić information content (AvgIpc) is 2.49. The minimum atomic E-state index is -0.00198. The van der Waals surface area contributed by atoms with E-state index in [2.05, 4.69) is 36.5 Å². The number of hydrogen-bond donors (Lipinski definition) is 2. The molecule has 0 fully saturated rings. The summed E-state index contributed by atoms with van der Waals surface area (Å²) in [7, 11) is 3.63. The number of carbonyl (C=O) groups excluding carboxylic acids is 1. The van der Waals surface area contributed by atoms with Crippen molar-refractivity contribution in [3.63, 3.8) is 0 Å². The fraction of sp³-hybridized carbons (Fsp3) is 0.278. The highest BCUT2D eigenvalue weighted by Gasteiger charge is 2.11. The third-order valence-electron chi connectivity index (χ3n) is 3.44. The van der Waals surface area contributed by atoms with Crippen LogP contribution in [0, 0.1) is 6.92 Å². The Kier molecular flexibility index (Phi) is 5.55. The van der Waals surface area contributed by atoms with E-state index in [9.17, 15) is 4.79 Å². The molecule has 2 N–H and O–H groups in total. The second-order valence-corrected chi connectivity index (χ2v) is 5.58. The fourth-order valence-electron chi connectivity index (χ4n) is 2.30. The Bertz CT molecular complexity index is 623. The van der Waals surface area contributed by atoms with Crippen molar-refractivity contribution in [2.75, 3.05) is 26.0 Å². The number of carbonyl (C=O) groups is 1. The number of hydrogen-bond acceptors (Lipinski definition) is 2. The molecule has 1 unspecified atom stereocenters. The predicted molar refractivity (Wildman–Crippen MR) is 88.3 cm³/mol. The molecule has 4 heteroatoms. The summed E-state index contributed by atoms with van der Waals surface area (Å²) in [5, 5.41) is 2.90. The first-order valence-corrected chi connectivity index (χ1v) is 7.37. The molecule has 0 aliphatic rings. The number of quaternary nitrogens is 1. The van der Waals surface area contributed by atoms with Crippen molar-refractivity contribution in [3.8, 4) is 5.75 Å². The molecule has 116 valence electrons. The number of aryl methyl sites for hydroxylation is 1. The number of nitrogens with one attached hydrogen (secondary N) is 2. The van der Waals surface area contributed by atoms with Crippen molar-refractivity contribution >= 4 is 11.6 Å². The van der Waals surface area contributed by atoms with Gasteiger partial charge in [-0.2, -0.15) is 0 Å². The molecule has 0 bridgehead atoms. The van der Waals surface area contributed by atoms with Gasteiger partial charge in [0.15, 0.2) is 6.54 Å². The minimum Gasteiger partial charge on any atom is -0.497 e. The zero-order chi connectivity index (χ0) is 15.9. The first-order chi connectivity index (χ1) is 10.6. The lowest BCUT2D eigenvalue weighted by molar-refractivity contribution is -0.885. The number of ether oxygens (including phenoxy) is 1. The molecule has 0 aromatic heterocycles. The van der Waals surface area contributed by atoms with Gasteiger partial charge in [-0.3, -0.25) is 4.79 Å². The van der Waals surface area contributed by atoms with Gasteiger partial charge in [0.2, 0.25) is 0 Å². The normalized spacial score (nSPS) is 11.8. The second-order valence-electron chi connectivity index (χ2n) is 5.58. The third kappa shape index (κ3) is 4.90. The van der Waals surface area contributed by atoms with Crippen molar-refractivity contribution < 1.29 is 14.4 Å². The number of likely N-dealkylation sites (N-methyl/N-ethyl adjacent to an activating group) is 1. The zero-order valence-corrected chi connectivity index (χ0v) is 13.3. The molecule has 0 aliphatic carbocycles. The van der Waals surface area contributed by atoms with Crippen molar-refractivity contribution in [1.82, 2.24) is 0 Å². The standard InChI is InChI=1S/C18H22N2O2/c1-14-7-9-15(10-8-14)12-20(2)13-18(21)19-16-5-4-6-17(11-16)22-3/h4-11H,12-13H2,1-3H3,(H,19,21)/p+1. The molecular formula is C18H23N2O2+. The van der Waals surface area contributed by atoms with E-state index in [1.54, 1.807) is 7.11 Å². The molecule has 0 aliphatic heterocycles. The molecule has 2 aromatic carbocycles. The SMILES string of the molecule is COc1cccc(NC(=O)C[NH+](C)Cc2ccc(C)cc2)c1. The van der Waals surface area contributed by atoms with Crippen LogP contribution >= 0.6 is 0 Å². The summed E-state index contributed by atoms with van der Waals surface area (Å²) in [6.07, 6.45) is 0. The summed E-state index contributed by atoms with van der Waals surface area (Å²) in [5.41, 5.74) is 3.24. The molecule has 0 radical (unpaired) electrons. The van der Waals surface area contributed by atoms with Crippen molar-refractivity contribution in [1.29, 1.82) is 0 Å². The maximum Gasteiger partial charge on any atom is 0.279 e. The van der Waals surface area contributed by atoms with E-state index >= 15 is 0 Å². The first-order valence-electron chi connectivity index (χ1n) is 7.37. The van der Waals surface area contributed by atoms with Crippen molar-refractivity contribution in [2.45, 2.75) is 13.5 Å². The van der Waals surface area contributed by atoms with Crippen molar-refractivity contribution in [2.24, 2.45) is 0 Å². The van der Waals surface area contributed by atoms with Crippen LogP contribution in [0.2, 0.25) is 0 Å². The Labute approximate surface area is 131 Å². The molecule has 2 aromatic rings. The van der Waals surface area contributed by atoms with Crippen LogP contribution in [-0.2, 0) is 11.3 Å². The van der Waals surface area contributed by atoms with Gasteiger partial charge in [0.1, 0.15) is 12.3 Å². The fourth-order valence-corrected chi connectivity index (χ4v) is 2.30. The van der Waals surface area contributed by atoms with Crippen LogP contribution in [0.5, 0.6) is 5.75 Å². The van der Waals surface area contributed by atoms with Gasteiger partial charge < -0.3 is 15.0 Å². The van der Waals surface area contributed by atoms with Gasteiger partial charge in [0.25, 0.3) is 5.91 Å². The molecule has 2 rings (SSSR count). The highest BCUT2D eigenvalue weighted by Crippen LogP contribution is 2.16. The van der Waals surface area contributed by atoms with Gasteiger partial charge in [-0.05, 0) is 19.1 Å². The lowest BCUT2D eigenvalue weighted by Crippen LogP contribution is -3.08. The van der Waals surface area contributed by atoms with Crippen molar-refractivity contribution in [3.05, 3.63) is 59.7 Å². The quantitative estimate of drug-likeness (QED) is 0.852. The van der Waals surface area contributed by atoms with Gasteiger partial charge in [-0.1, -0.05) is 35.9 Å². The molecule has 1 amide bonds. The molecular weight excluding hydrogens is 276 g/mol. The van der Waals surface area contributed by atoms with E-state index in [4.69, 9.17) is 4.74 Å². The first kappa shape index (κ1) is 16.0. The van der Waals surface area contributed by atoms with Crippen LogP contribution in [0.25, 0.3) is 0 Å². The summed E-state index contributed by atoms with van der Waals surface area (Å²) in [4.78, 5) is 13.2. The Morgan fingerprint density at radius 1 is 1.18 bits per heavy atom. The Morgan fingerprint density at radius 2 is 1.91 bits per heavy atom. The van der Waals surface area contributed by atoms with E-state index in [1.807, 2.05) is 31.3 Å². The van der Waals surface area contributed by atoms with E-state index < -0.39 is 0 Å². The number of benzene rings is 2. The summed E-state index contributed by atoms with van der Waals surface area (Å²) >= 11 is 0. The van der Waals surface area contributed by atoms with Crippen LogP contribution in [0.3, 0.4) is 0 Å². The van der Waals surface area contributed by atoms with Gasteiger partial charge in [0, 0.05) is 17.3 Å². The summed E-state index contributed by atoms with van der Waals surface area (Å²) < 4.78 is 5.15. The minimum absolute atomic E-state index is 0.00198. The van der Waals surface area contributed by atoms with Gasteiger partial charge in [-0.15, -0.1) is 0 Å². The second kappa shape index (κ2) is 7.61. The lowest BCUT2D eigenvalue weighted by Gasteiger charge is -2.14. The van der Waals surface area contributed by atoms with Crippen LogP contribution in [0.4, 0.5) is 5.69 Å². The molecule has 0 heterocycles. The van der Waals surface area contributed by atoms with E-state index in [1.165, 1.54) is 11.1 Å². The maximum absolute atomic E-state index is 12.1. The smallest absolute Gasteiger partial charge is 0.279 e. The van der Waals surface area contributed by atoms with Crippen LogP contribution in [0.15, 0.2) is 48.5 Å². The third-order valence-corrected chi connectivity index (χ3v) is 3.44. The van der Waals surface area contributed by atoms with Gasteiger partial charge in [-0.25, -0.2) is 0 Å². The van der Waals surface area contributed by atoms with Crippen LogP contribution < -0.4 is 15.0 Å². The summed E-state index contributed by atoms with van der Waals surface area (Å²) in [5.74, 6) is 0.732. The highest BCUT2D eigenvalue weighted by atomic mass is 16.5. The lowest BCUT2D eigenvalue weighted by atomic mass is 10.1. The molecule has 0 saturated heterocycles. The Morgan fingerprint density at radius 3 is 2.59 bits per heavy atom. The number of methoxy groups -OCH3 is 1. The zero-order valence-electron chi connectivity index (χ0n) is 13.3. The summed E-state index contributed by atoms with van der Waals surface area (Å²) in [6.45, 7) is 3.32. The maximum atomic E-state index is 12.1. The van der Waals surface area contributed by atoms with Gasteiger partial charge in [0.05, 0.1) is 14.2 Å². The van der Waals surface area contributed by atoms with E-state index in [0.29, 0.717) is 6.54 Å². The number of amides is 1. The highest BCUT2D eigenvalue weighted by molar-refractivity contribution is 5.91. The molecule has 22 heavy (non-hydrogen) atoms. The van der Waals surface area contributed by atoms with Crippen LogP contribution in [0.1, 0.15) is 11.1 Å². The summed E-state index contributed by atoms with van der Waals surface area (Å²) in [6, 6.07) is 15.8. The number of rotatable bonds is 6. The van der Waals surface area contributed by atoms with Crippen LogP contribution in [-0.4, -0.2) is 26.6 Å². The molecule has 1 atom stereocenters. The average molecular weight is 299 g/mol. The Hall–Kier alpha value is -2.33. The largest absolute Gasteiger partial charge is 0.497 e.